The Morgan fingerprint density at radius 2 is 1.29 bits per heavy atom. The minimum Gasteiger partial charge on any atom is -0.440 e. The maximum absolute atomic E-state index is 12.4. The number of carbonyl (C=O) groups is 4. The van der Waals surface area contributed by atoms with Gasteiger partial charge in [-0.05, 0) is 47.5 Å². The van der Waals surface area contributed by atoms with Crippen LogP contribution >= 0.6 is 0 Å². The Kier molecular flexibility index (Phi) is 5.32. The second-order valence-corrected chi connectivity index (χ2v) is 6.84. The lowest BCUT2D eigenvalue weighted by Gasteiger charge is -2.14. The molecule has 7 nitrogen and oxygen atoms in total. The van der Waals surface area contributed by atoms with Crippen LogP contribution in [-0.2, 0) is 9.53 Å². The molecule has 0 bridgehead atoms. The molecule has 0 spiro atoms. The van der Waals surface area contributed by atoms with Gasteiger partial charge in [0, 0.05) is 6.92 Å². The van der Waals surface area contributed by atoms with Crippen molar-refractivity contribution >= 4 is 23.8 Å². The van der Waals surface area contributed by atoms with Crippen molar-refractivity contribution in [3.8, 4) is 16.9 Å². The molecule has 2 amide bonds. The highest BCUT2D eigenvalue weighted by molar-refractivity contribution is 6.21. The standard InChI is InChI=1S/C24H17NO6/c1-15(26)31-19-12-10-17(11-13-19)16-6-8-18(9-7-16)24(29)30-14-25-22(27)20-4-2-3-5-21(20)23(25)28/h2-13H,14H2,1H3. The summed E-state index contributed by atoms with van der Waals surface area (Å²) in [6.45, 7) is 0.880. The summed E-state index contributed by atoms with van der Waals surface area (Å²) < 4.78 is 10.2. The summed E-state index contributed by atoms with van der Waals surface area (Å²) >= 11 is 0. The van der Waals surface area contributed by atoms with Gasteiger partial charge in [0.1, 0.15) is 5.75 Å². The van der Waals surface area contributed by atoms with Gasteiger partial charge >= 0.3 is 11.9 Å². The van der Waals surface area contributed by atoms with Gasteiger partial charge in [-0.3, -0.25) is 14.4 Å². The summed E-state index contributed by atoms with van der Waals surface area (Å²) in [4.78, 5) is 48.9. The van der Waals surface area contributed by atoms with Crippen LogP contribution in [0.4, 0.5) is 0 Å². The van der Waals surface area contributed by atoms with Gasteiger partial charge in [0.05, 0.1) is 16.7 Å². The normalized spacial score (nSPS) is 12.5. The first kappa shape index (κ1) is 20.0. The van der Waals surface area contributed by atoms with E-state index in [-0.39, 0.29) is 5.56 Å². The molecule has 7 heteroatoms. The number of imide groups is 1. The molecule has 0 saturated carbocycles. The minimum absolute atomic E-state index is 0.289. The molecule has 0 aliphatic carbocycles. The molecule has 0 fully saturated rings. The maximum Gasteiger partial charge on any atom is 0.339 e. The number of rotatable bonds is 5. The van der Waals surface area contributed by atoms with Crippen LogP contribution in [0.15, 0.2) is 72.8 Å². The lowest BCUT2D eigenvalue weighted by Crippen LogP contribution is -2.33. The molecule has 0 saturated heterocycles. The van der Waals surface area contributed by atoms with Crippen molar-refractivity contribution < 1.29 is 28.7 Å². The monoisotopic (exact) mass is 415 g/mol. The Bertz CT molecular complexity index is 1150. The smallest absolute Gasteiger partial charge is 0.339 e. The summed E-state index contributed by atoms with van der Waals surface area (Å²) in [5, 5.41) is 0. The van der Waals surface area contributed by atoms with E-state index in [2.05, 4.69) is 0 Å². The number of esters is 2. The molecular formula is C24H17NO6. The average Bonchev–Trinajstić information content (AvgIpc) is 3.02. The van der Waals surface area contributed by atoms with Gasteiger partial charge in [0.2, 0.25) is 0 Å². The predicted octanol–water partition coefficient (Wildman–Crippen LogP) is 3.69. The van der Waals surface area contributed by atoms with Gasteiger partial charge in [-0.1, -0.05) is 36.4 Å². The van der Waals surface area contributed by atoms with E-state index >= 15 is 0 Å². The summed E-state index contributed by atoms with van der Waals surface area (Å²) in [6, 6.07) is 20.1. The summed E-state index contributed by atoms with van der Waals surface area (Å²) in [5.41, 5.74) is 2.62. The maximum atomic E-state index is 12.4. The van der Waals surface area contributed by atoms with E-state index in [1.807, 2.05) is 0 Å². The van der Waals surface area contributed by atoms with Crippen molar-refractivity contribution in [2.75, 3.05) is 6.73 Å². The van der Waals surface area contributed by atoms with Gasteiger partial charge in [-0.15, -0.1) is 0 Å². The number of hydrogen-bond donors (Lipinski definition) is 0. The van der Waals surface area contributed by atoms with Gasteiger partial charge in [-0.2, -0.15) is 0 Å². The molecule has 154 valence electrons. The van der Waals surface area contributed by atoms with Crippen molar-refractivity contribution in [3.63, 3.8) is 0 Å². The van der Waals surface area contributed by atoms with E-state index in [9.17, 15) is 19.2 Å². The molecule has 0 N–H and O–H groups in total. The highest BCUT2D eigenvalue weighted by Crippen LogP contribution is 2.24. The largest absolute Gasteiger partial charge is 0.440 e. The van der Waals surface area contributed by atoms with Gasteiger partial charge in [0.25, 0.3) is 11.8 Å². The molecule has 1 aliphatic rings. The molecular weight excluding hydrogens is 398 g/mol. The van der Waals surface area contributed by atoms with Gasteiger partial charge in [0.15, 0.2) is 6.73 Å². The number of carbonyl (C=O) groups excluding carboxylic acids is 4. The average molecular weight is 415 g/mol. The van der Waals surface area contributed by atoms with Gasteiger partial charge in [-0.25, -0.2) is 9.69 Å². The first-order chi connectivity index (χ1) is 14.9. The molecule has 3 aromatic rings. The van der Waals surface area contributed by atoms with Crippen LogP contribution < -0.4 is 4.74 Å². The van der Waals surface area contributed by atoms with Crippen LogP contribution in [0.2, 0.25) is 0 Å². The molecule has 0 unspecified atom stereocenters. The number of amides is 2. The third-order valence-electron chi connectivity index (χ3n) is 4.77. The Hall–Kier alpha value is -4.26. The third kappa shape index (κ3) is 4.06. The Morgan fingerprint density at radius 1 is 0.774 bits per heavy atom. The van der Waals surface area contributed by atoms with E-state index in [0.717, 1.165) is 16.0 Å². The minimum atomic E-state index is -0.645. The van der Waals surface area contributed by atoms with E-state index in [1.54, 1.807) is 72.8 Å². The predicted molar refractivity (Wildman–Crippen MR) is 110 cm³/mol. The molecule has 0 aromatic heterocycles. The lowest BCUT2D eigenvalue weighted by atomic mass is 10.0. The van der Waals surface area contributed by atoms with Crippen molar-refractivity contribution in [2.24, 2.45) is 0 Å². The van der Waals surface area contributed by atoms with Gasteiger partial charge < -0.3 is 9.47 Å². The van der Waals surface area contributed by atoms with E-state index < -0.39 is 30.5 Å². The van der Waals surface area contributed by atoms with Crippen molar-refractivity contribution in [2.45, 2.75) is 6.92 Å². The van der Waals surface area contributed by atoms with Crippen LogP contribution in [0.3, 0.4) is 0 Å². The van der Waals surface area contributed by atoms with Crippen molar-refractivity contribution in [1.82, 2.24) is 4.90 Å². The number of nitrogens with zero attached hydrogens (tertiary/aromatic N) is 1. The fraction of sp³-hybridized carbons (Fsp3) is 0.0833. The molecule has 0 radical (unpaired) electrons. The van der Waals surface area contributed by atoms with Crippen molar-refractivity contribution in [1.29, 1.82) is 0 Å². The lowest BCUT2D eigenvalue weighted by molar-refractivity contribution is -0.131. The number of ether oxygens (including phenoxy) is 2. The van der Waals surface area contributed by atoms with Crippen molar-refractivity contribution in [3.05, 3.63) is 89.5 Å². The van der Waals surface area contributed by atoms with E-state index in [4.69, 9.17) is 9.47 Å². The van der Waals surface area contributed by atoms with Crippen LogP contribution in [0, 0.1) is 0 Å². The molecule has 31 heavy (non-hydrogen) atoms. The first-order valence-corrected chi connectivity index (χ1v) is 9.45. The van der Waals surface area contributed by atoms with Crippen LogP contribution in [0.25, 0.3) is 11.1 Å². The zero-order valence-corrected chi connectivity index (χ0v) is 16.5. The fourth-order valence-electron chi connectivity index (χ4n) is 3.24. The Balaban J connectivity index is 1.39. The second kappa shape index (κ2) is 8.23. The quantitative estimate of drug-likeness (QED) is 0.359. The molecule has 3 aromatic carbocycles. The summed E-state index contributed by atoms with van der Waals surface area (Å²) in [5.74, 6) is -1.56. The fourth-order valence-corrected chi connectivity index (χ4v) is 3.24. The van der Waals surface area contributed by atoms with E-state index in [1.165, 1.54) is 6.92 Å². The zero-order valence-electron chi connectivity index (χ0n) is 16.5. The first-order valence-electron chi connectivity index (χ1n) is 9.45. The topological polar surface area (TPSA) is 90.0 Å². The molecule has 1 heterocycles. The highest BCUT2D eigenvalue weighted by Gasteiger charge is 2.35. The highest BCUT2D eigenvalue weighted by atomic mass is 16.5. The SMILES string of the molecule is CC(=O)Oc1ccc(-c2ccc(C(=O)OCN3C(=O)c4ccccc4C3=O)cc2)cc1. The zero-order chi connectivity index (χ0) is 22.0. The van der Waals surface area contributed by atoms with Crippen LogP contribution in [0.5, 0.6) is 5.75 Å². The van der Waals surface area contributed by atoms with Crippen LogP contribution in [0.1, 0.15) is 38.0 Å². The molecule has 0 atom stereocenters. The van der Waals surface area contributed by atoms with Crippen LogP contribution in [-0.4, -0.2) is 35.4 Å². The summed E-state index contributed by atoms with van der Waals surface area (Å²) in [6.07, 6.45) is 0. The Labute approximate surface area is 177 Å². The number of benzene rings is 3. The van der Waals surface area contributed by atoms with E-state index in [0.29, 0.717) is 16.9 Å². The molecule has 1 aliphatic heterocycles. The summed E-state index contributed by atoms with van der Waals surface area (Å²) in [7, 11) is 0. The number of fused-ring (bicyclic) bond motifs is 1. The Morgan fingerprint density at radius 3 is 1.81 bits per heavy atom. The molecule has 4 rings (SSSR count). The third-order valence-corrected chi connectivity index (χ3v) is 4.77. The number of hydrogen-bond acceptors (Lipinski definition) is 6. The second-order valence-electron chi connectivity index (χ2n) is 6.84.